The van der Waals surface area contributed by atoms with Crippen LogP contribution >= 0.6 is 0 Å². The number of carbonyl (C=O) groups is 2. The van der Waals surface area contributed by atoms with Crippen LogP contribution in [0, 0.1) is 0 Å². The summed E-state index contributed by atoms with van der Waals surface area (Å²) in [5.74, 6) is -0.264. The fraction of sp³-hybridized carbons (Fsp3) is 0.333. The van der Waals surface area contributed by atoms with E-state index in [0.717, 1.165) is 11.1 Å². The summed E-state index contributed by atoms with van der Waals surface area (Å²) in [6.45, 7) is 5.57. The molecule has 0 amide bonds. The van der Waals surface area contributed by atoms with Gasteiger partial charge in [0.1, 0.15) is 12.4 Å². The highest BCUT2D eigenvalue weighted by Crippen LogP contribution is 2.21. The molecule has 5 heteroatoms. The molecule has 2 rings (SSSR count). The Hall–Kier alpha value is -2.82. The highest BCUT2D eigenvalue weighted by atomic mass is 16.6. The molecule has 2 aromatic rings. The Morgan fingerprint density at radius 2 is 1.62 bits per heavy atom. The number of ether oxygens (including phenoxy) is 3. The zero-order valence-electron chi connectivity index (χ0n) is 15.4. The molecule has 0 bridgehead atoms. The first-order valence-corrected chi connectivity index (χ1v) is 8.55. The van der Waals surface area contributed by atoms with Crippen LogP contribution in [0.5, 0.6) is 5.75 Å². The Morgan fingerprint density at radius 1 is 0.923 bits per heavy atom. The van der Waals surface area contributed by atoms with Gasteiger partial charge in [0.25, 0.3) is 0 Å². The van der Waals surface area contributed by atoms with Gasteiger partial charge in [-0.25, -0.2) is 4.79 Å². The summed E-state index contributed by atoms with van der Waals surface area (Å²) < 4.78 is 16.0. The van der Waals surface area contributed by atoms with Gasteiger partial charge in [0, 0.05) is 0 Å². The van der Waals surface area contributed by atoms with Crippen molar-refractivity contribution in [3.8, 4) is 5.75 Å². The van der Waals surface area contributed by atoms with Crippen LogP contribution in [-0.2, 0) is 32.1 Å². The van der Waals surface area contributed by atoms with Crippen LogP contribution in [0.4, 0.5) is 0 Å². The third-order valence-electron chi connectivity index (χ3n) is 3.63. The fourth-order valence-electron chi connectivity index (χ4n) is 2.32. The molecule has 0 atom stereocenters. The minimum atomic E-state index is -1.11. The van der Waals surface area contributed by atoms with Crippen molar-refractivity contribution in [3.05, 3.63) is 65.7 Å². The van der Waals surface area contributed by atoms with E-state index in [1.165, 1.54) is 0 Å². The van der Waals surface area contributed by atoms with Crippen molar-refractivity contribution in [1.82, 2.24) is 0 Å². The average molecular weight is 356 g/mol. The molecular formula is C21H24O5. The van der Waals surface area contributed by atoms with Crippen molar-refractivity contribution in [3.63, 3.8) is 0 Å². The van der Waals surface area contributed by atoms with Crippen LogP contribution < -0.4 is 4.74 Å². The summed E-state index contributed by atoms with van der Waals surface area (Å²) in [4.78, 5) is 24.0. The third-order valence-corrected chi connectivity index (χ3v) is 3.63. The van der Waals surface area contributed by atoms with Crippen LogP contribution in [0.1, 0.15) is 31.9 Å². The predicted molar refractivity (Wildman–Crippen MR) is 97.7 cm³/mol. The minimum Gasteiger partial charge on any atom is -0.476 e. The van der Waals surface area contributed by atoms with Crippen LogP contribution in [0.3, 0.4) is 0 Å². The first-order valence-electron chi connectivity index (χ1n) is 8.55. The Labute approximate surface area is 153 Å². The molecular weight excluding hydrogens is 332 g/mol. The number of esters is 2. The van der Waals surface area contributed by atoms with Gasteiger partial charge < -0.3 is 14.2 Å². The molecule has 138 valence electrons. The molecule has 0 saturated heterocycles. The topological polar surface area (TPSA) is 61.8 Å². The Bertz CT molecular complexity index is 737. The van der Waals surface area contributed by atoms with Gasteiger partial charge in [-0.15, -0.1) is 0 Å². The first kappa shape index (κ1) is 19.5. The lowest BCUT2D eigenvalue weighted by atomic mass is 10.1. The van der Waals surface area contributed by atoms with Crippen molar-refractivity contribution in [2.45, 2.75) is 39.4 Å². The lowest BCUT2D eigenvalue weighted by Crippen LogP contribution is -2.39. The zero-order chi connectivity index (χ0) is 19.0. The van der Waals surface area contributed by atoms with Crippen molar-refractivity contribution < 1.29 is 23.8 Å². The largest absolute Gasteiger partial charge is 0.476 e. The molecule has 0 aromatic heterocycles. The summed E-state index contributed by atoms with van der Waals surface area (Å²) in [5.41, 5.74) is 0.581. The van der Waals surface area contributed by atoms with Gasteiger partial charge in [-0.3, -0.25) is 4.79 Å². The molecule has 5 nitrogen and oxygen atoms in total. The van der Waals surface area contributed by atoms with Crippen molar-refractivity contribution in [2.75, 3.05) is 6.61 Å². The molecule has 0 fully saturated rings. The minimum absolute atomic E-state index is 0.129. The van der Waals surface area contributed by atoms with E-state index in [1.807, 2.05) is 36.4 Å². The van der Waals surface area contributed by atoms with E-state index in [-0.39, 0.29) is 19.0 Å². The second kappa shape index (κ2) is 9.04. The molecule has 2 aromatic carbocycles. The van der Waals surface area contributed by atoms with E-state index in [9.17, 15) is 9.59 Å². The van der Waals surface area contributed by atoms with E-state index >= 15 is 0 Å². The quantitative estimate of drug-likeness (QED) is 0.675. The summed E-state index contributed by atoms with van der Waals surface area (Å²) in [5, 5.41) is 0. The van der Waals surface area contributed by atoms with Gasteiger partial charge in [-0.05, 0) is 44.0 Å². The highest BCUT2D eigenvalue weighted by molar-refractivity contribution is 5.79. The maximum Gasteiger partial charge on any atom is 0.349 e. The average Bonchev–Trinajstić information content (AvgIpc) is 2.61. The molecule has 0 saturated carbocycles. The van der Waals surface area contributed by atoms with Gasteiger partial charge in [0.15, 0.2) is 5.60 Å². The number of hydrogen-bond donors (Lipinski definition) is 0. The molecule has 26 heavy (non-hydrogen) atoms. The fourth-order valence-corrected chi connectivity index (χ4v) is 2.32. The number of hydrogen-bond acceptors (Lipinski definition) is 5. The van der Waals surface area contributed by atoms with E-state index in [1.54, 1.807) is 39.0 Å². The zero-order valence-corrected chi connectivity index (χ0v) is 15.4. The molecule has 0 radical (unpaired) electrons. The van der Waals surface area contributed by atoms with Crippen LogP contribution in [0.25, 0.3) is 0 Å². The van der Waals surface area contributed by atoms with Gasteiger partial charge in [0.2, 0.25) is 0 Å². The molecule has 0 N–H and O–H groups in total. The predicted octanol–water partition coefficient (Wildman–Crippen LogP) is 3.69. The van der Waals surface area contributed by atoms with Crippen molar-refractivity contribution in [1.29, 1.82) is 0 Å². The van der Waals surface area contributed by atoms with Crippen LogP contribution in [0.15, 0.2) is 54.6 Å². The van der Waals surface area contributed by atoms with E-state index in [4.69, 9.17) is 14.2 Å². The van der Waals surface area contributed by atoms with Gasteiger partial charge in [-0.2, -0.15) is 0 Å². The second-order valence-corrected chi connectivity index (χ2v) is 6.30. The Morgan fingerprint density at radius 3 is 2.31 bits per heavy atom. The smallest absolute Gasteiger partial charge is 0.349 e. The standard InChI is InChI=1S/C21H24O5/c1-4-24-20(23)21(2,3)26-18-12-8-11-17(13-18)14-19(22)25-15-16-9-6-5-7-10-16/h5-13H,4,14-15H2,1-3H3. The normalized spacial score (nSPS) is 10.9. The highest BCUT2D eigenvalue weighted by Gasteiger charge is 2.31. The van der Waals surface area contributed by atoms with Crippen LogP contribution in [-0.4, -0.2) is 24.1 Å². The first-order chi connectivity index (χ1) is 12.4. The van der Waals surface area contributed by atoms with Crippen molar-refractivity contribution in [2.24, 2.45) is 0 Å². The van der Waals surface area contributed by atoms with Crippen molar-refractivity contribution >= 4 is 11.9 Å². The molecule has 0 aliphatic rings. The SMILES string of the molecule is CCOC(=O)C(C)(C)Oc1cccc(CC(=O)OCc2ccccc2)c1. The molecule has 0 aliphatic carbocycles. The summed E-state index contributed by atoms with van der Waals surface area (Å²) >= 11 is 0. The number of rotatable bonds is 8. The Balaban J connectivity index is 1.93. The summed E-state index contributed by atoms with van der Waals surface area (Å²) in [6.07, 6.45) is 0.129. The molecule has 0 unspecified atom stereocenters. The summed E-state index contributed by atoms with van der Waals surface area (Å²) in [6, 6.07) is 16.6. The monoisotopic (exact) mass is 356 g/mol. The summed E-state index contributed by atoms with van der Waals surface area (Å²) in [7, 11) is 0. The number of carbonyl (C=O) groups excluding carboxylic acids is 2. The third kappa shape index (κ3) is 5.92. The van der Waals surface area contributed by atoms with E-state index in [2.05, 4.69) is 0 Å². The molecule has 0 spiro atoms. The lowest BCUT2D eigenvalue weighted by Gasteiger charge is -2.24. The molecule has 0 aliphatic heterocycles. The van der Waals surface area contributed by atoms with Gasteiger partial charge in [0.05, 0.1) is 13.0 Å². The van der Waals surface area contributed by atoms with Gasteiger partial charge >= 0.3 is 11.9 Å². The maximum atomic E-state index is 12.0. The van der Waals surface area contributed by atoms with E-state index in [0.29, 0.717) is 12.4 Å². The Kier molecular flexibility index (Phi) is 6.78. The molecule has 0 heterocycles. The second-order valence-electron chi connectivity index (χ2n) is 6.30. The van der Waals surface area contributed by atoms with E-state index < -0.39 is 11.6 Å². The van der Waals surface area contributed by atoms with Crippen LogP contribution in [0.2, 0.25) is 0 Å². The lowest BCUT2D eigenvalue weighted by molar-refractivity contribution is -0.158. The van der Waals surface area contributed by atoms with Gasteiger partial charge in [-0.1, -0.05) is 42.5 Å². The number of benzene rings is 2. The maximum absolute atomic E-state index is 12.0.